The van der Waals surface area contributed by atoms with E-state index in [-0.39, 0.29) is 0 Å². The number of nitrogens with zero attached hydrogens (tertiary/aromatic N) is 3. The van der Waals surface area contributed by atoms with Crippen molar-refractivity contribution in [1.29, 1.82) is 0 Å². The van der Waals surface area contributed by atoms with E-state index in [9.17, 15) is 0 Å². The monoisotopic (exact) mass is 1340 g/mol. The van der Waals surface area contributed by atoms with E-state index < -0.39 is 0 Å². The van der Waals surface area contributed by atoms with E-state index >= 15 is 0 Å². The van der Waals surface area contributed by atoms with Crippen LogP contribution in [0.2, 0.25) is 0 Å². The lowest BCUT2D eigenvalue weighted by Crippen LogP contribution is -2.08. The highest BCUT2D eigenvalue weighted by molar-refractivity contribution is 6.27. The minimum absolute atomic E-state index is 0.639. The van der Waals surface area contributed by atoms with Crippen LogP contribution in [0.4, 0.5) is 0 Å². The van der Waals surface area contributed by atoms with Gasteiger partial charge in [0.05, 0.1) is 0 Å². The molecule has 0 amide bonds. The summed E-state index contributed by atoms with van der Waals surface area (Å²) < 4.78 is 0. The Morgan fingerprint density at radius 1 is 0.152 bits per heavy atom. The minimum atomic E-state index is 0.639. The molecule has 19 rings (SSSR count). The summed E-state index contributed by atoms with van der Waals surface area (Å²) in [6, 6.07) is 108. The molecule has 0 atom stereocenters. The van der Waals surface area contributed by atoms with Crippen molar-refractivity contribution in [1.82, 2.24) is 15.0 Å². The molecule has 18 aromatic carbocycles. The SMILES string of the molecule is Cc1cc(C)c(-c2c3ccccc3c(-c3cccc4ccccc34)c3ccccc23)c(C)c1-c1nc(-c2c(C)cc(C)c(-c3c4ccccc4c(-c4cccc5ccccc45)c4ccccc34)c2C)nc(-c2c(C)cc(C)c(-c3c4ccccc4c(-c4cccc5ccccc45)c4ccccc34)c2C)n1. The van der Waals surface area contributed by atoms with Crippen molar-refractivity contribution in [3.05, 3.63) is 341 Å². The van der Waals surface area contributed by atoms with E-state index in [2.05, 4.69) is 353 Å². The summed E-state index contributed by atoms with van der Waals surface area (Å²) in [6.07, 6.45) is 0. The molecular weight excluding hydrogens is 1270 g/mol. The van der Waals surface area contributed by atoms with Crippen LogP contribution in [-0.2, 0) is 0 Å². The Balaban J connectivity index is 0.889. The molecule has 0 aliphatic rings. The van der Waals surface area contributed by atoms with Crippen LogP contribution in [0.3, 0.4) is 0 Å². The van der Waals surface area contributed by atoms with Gasteiger partial charge in [-0.1, -0.05) is 291 Å². The molecule has 0 saturated heterocycles. The fourth-order valence-corrected chi connectivity index (χ4v) is 18.8. The van der Waals surface area contributed by atoms with Gasteiger partial charge < -0.3 is 0 Å². The van der Waals surface area contributed by atoms with Gasteiger partial charge in [-0.3, -0.25) is 0 Å². The van der Waals surface area contributed by atoms with Gasteiger partial charge >= 0.3 is 0 Å². The summed E-state index contributed by atoms with van der Waals surface area (Å²) in [6.45, 7) is 20.6. The number of aromatic nitrogens is 3. The van der Waals surface area contributed by atoms with Crippen molar-refractivity contribution in [3.8, 4) is 101 Å². The molecule has 3 heteroatoms. The minimum Gasteiger partial charge on any atom is -0.208 e. The fraction of sp³-hybridized carbons (Fsp3) is 0.0882. The average Bonchev–Trinajstić information content (AvgIpc) is 0.729. The van der Waals surface area contributed by atoms with E-state index in [1.807, 2.05) is 0 Å². The second-order valence-corrected chi connectivity index (χ2v) is 29.1. The first-order valence-corrected chi connectivity index (χ1v) is 36.8. The molecule has 0 radical (unpaired) electrons. The Morgan fingerprint density at radius 3 is 0.543 bits per heavy atom. The van der Waals surface area contributed by atoms with Crippen molar-refractivity contribution in [3.63, 3.8) is 0 Å². The van der Waals surface area contributed by atoms with E-state index in [0.717, 1.165) is 50.1 Å². The van der Waals surface area contributed by atoms with E-state index in [1.54, 1.807) is 0 Å². The van der Waals surface area contributed by atoms with Crippen LogP contribution >= 0.6 is 0 Å². The summed E-state index contributed by atoms with van der Waals surface area (Å²) >= 11 is 0. The highest BCUT2D eigenvalue weighted by atomic mass is 15.0. The summed E-state index contributed by atoms with van der Waals surface area (Å²) in [5, 5.41) is 21.8. The fourth-order valence-electron chi connectivity index (χ4n) is 18.8. The normalized spacial score (nSPS) is 11.9. The Labute approximate surface area is 612 Å². The lowest BCUT2D eigenvalue weighted by Gasteiger charge is -2.24. The van der Waals surface area contributed by atoms with Crippen LogP contribution in [0.5, 0.6) is 0 Å². The second-order valence-electron chi connectivity index (χ2n) is 29.1. The predicted octanol–water partition coefficient (Wildman–Crippen LogP) is 28.0. The molecule has 0 spiro atoms. The first-order valence-electron chi connectivity index (χ1n) is 36.8. The number of rotatable bonds is 9. The predicted molar refractivity (Wildman–Crippen MR) is 449 cm³/mol. The molecule has 0 aliphatic carbocycles. The lowest BCUT2D eigenvalue weighted by atomic mass is 9.81. The van der Waals surface area contributed by atoms with Gasteiger partial charge in [0.25, 0.3) is 0 Å². The van der Waals surface area contributed by atoms with Crippen LogP contribution in [-0.4, -0.2) is 15.0 Å². The lowest BCUT2D eigenvalue weighted by molar-refractivity contribution is 1.05. The molecule has 0 N–H and O–H groups in total. The molecule has 1 aromatic heterocycles. The first-order chi connectivity index (χ1) is 51.4. The molecule has 3 nitrogen and oxygen atoms in total. The Bertz CT molecular complexity index is 6090. The van der Waals surface area contributed by atoms with Crippen LogP contribution in [0.15, 0.2) is 291 Å². The number of hydrogen-bond acceptors (Lipinski definition) is 3. The second kappa shape index (κ2) is 24.8. The maximum absolute atomic E-state index is 5.96. The van der Waals surface area contributed by atoms with Gasteiger partial charge in [-0.15, -0.1) is 0 Å². The maximum Gasteiger partial charge on any atom is 0.164 e. The maximum atomic E-state index is 5.96. The van der Waals surface area contributed by atoms with Crippen molar-refractivity contribution >= 4 is 97.0 Å². The molecule has 0 aliphatic heterocycles. The van der Waals surface area contributed by atoms with Crippen LogP contribution in [0.1, 0.15) is 50.1 Å². The van der Waals surface area contributed by atoms with Gasteiger partial charge in [-0.25, -0.2) is 15.0 Å². The Hall–Kier alpha value is -12.7. The van der Waals surface area contributed by atoms with Crippen LogP contribution < -0.4 is 0 Å². The van der Waals surface area contributed by atoms with E-state index in [0.29, 0.717) is 17.5 Å². The number of hydrogen-bond donors (Lipinski definition) is 0. The van der Waals surface area contributed by atoms with Crippen LogP contribution in [0.25, 0.3) is 198 Å². The topological polar surface area (TPSA) is 38.7 Å². The van der Waals surface area contributed by atoms with Gasteiger partial charge in [-0.2, -0.15) is 0 Å². The summed E-state index contributed by atoms with van der Waals surface area (Å²) in [5.41, 5.74) is 27.8. The zero-order valence-electron chi connectivity index (χ0n) is 60.6. The molecule has 19 aromatic rings. The van der Waals surface area contributed by atoms with Gasteiger partial charge in [0.2, 0.25) is 0 Å². The van der Waals surface area contributed by atoms with Crippen molar-refractivity contribution in [2.45, 2.75) is 62.3 Å². The summed E-state index contributed by atoms with van der Waals surface area (Å²) in [7, 11) is 0. The zero-order valence-corrected chi connectivity index (χ0v) is 60.6. The zero-order chi connectivity index (χ0) is 71.0. The highest BCUT2D eigenvalue weighted by Gasteiger charge is 2.30. The largest absolute Gasteiger partial charge is 0.208 e. The highest BCUT2D eigenvalue weighted by Crippen LogP contribution is 2.53. The third-order valence-electron chi connectivity index (χ3n) is 22.9. The quantitative estimate of drug-likeness (QED) is 0.135. The van der Waals surface area contributed by atoms with Crippen molar-refractivity contribution in [2.75, 3.05) is 0 Å². The summed E-state index contributed by atoms with van der Waals surface area (Å²) in [4.78, 5) is 17.9. The van der Waals surface area contributed by atoms with Crippen molar-refractivity contribution < 1.29 is 0 Å². The van der Waals surface area contributed by atoms with Crippen molar-refractivity contribution in [2.24, 2.45) is 0 Å². The molecule has 0 fully saturated rings. The standard InChI is InChI=1S/C102H75N3/c1-58-55-61(4)91(64(7)88(58)97-82-46-22-16-40-76(82)94(77-41-17-23-47-83(77)97)73-52-28-34-67-31-10-13-37-70(67)73)100-103-101(92-62(5)56-59(2)89(65(92)8)98-84-48-24-18-42-78(84)95(79-43-19-25-49-85(79)98)74-53-29-35-68-32-11-14-38-71(68)74)105-102(104-100)93-63(6)57-60(3)90(66(93)9)99-86-50-26-20-44-80(86)96(81-45-21-27-51-87(81)99)75-54-30-36-69-33-12-15-39-72(69)75/h10-57H,1-9H3. The first kappa shape index (κ1) is 63.2. The third kappa shape index (κ3) is 9.82. The van der Waals surface area contributed by atoms with Gasteiger partial charge in [0.1, 0.15) is 0 Å². The van der Waals surface area contributed by atoms with E-state index in [1.165, 1.54) is 180 Å². The average molecular weight is 1340 g/mol. The molecule has 0 bridgehead atoms. The number of aryl methyl sites for hydroxylation is 6. The van der Waals surface area contributed by atoms with E-state index in [4.69, 9.17) is 15.0 Å². The number of fused-ring (bicyclic) bond motifs is 9. The smallest absolute Gasteiger partial charge is 0.164 e. The molecule has 105 heavy (non-hydrogen) atoms. The van der Waals surface area contributed by atoms with Gasteiger partial charge in [-0.05, 0) is 276 Å². The molecule has 498 valence electrons. The third-order valence-corrected chi connectivity index (χ3v) is 22.9. The Morgan fingerprint density at radius 2 is 0.324 bits per heavy atom. The molecule has 0 saturated carbocycles. The number of benzene rings is 18. The van der Waals surface area contributed by atoms with Gasteiger partial charge in [0, 0.05) is 16.7 Å². The molecule has 0 unspecified atom stereocenters. The Kier molecular flexibility index (Phi) is 14.9. The molecule has 1 heterocycles. The molecular formula is C102H75N3. The summed E-state index contributed by atoms with van der Waals surface area (Å²) in [5.74, 6) is 1.92. The van der Waals surface area contributed by atoms with Crippen LogP contribution in [0, 0.1) is 62.3 Å². The van der Waals surface area contributed by atoms with Gasteiger partial charge in [0.15, 0.2) is 17.5 Å².